The maximum Gasteiger partial charge on any atom is 0.186 e. The van der Waals surface area contributed by atoms with Gasteiger partial charge in [-0.15, -0.1) is 0 Å². The molecule has 0 fully saturated rings. The Morgan fingerprint density at radius 1 is 1.42 bits per heavy atom. The van der Waals surface area contributed by atoms with E-state index in [1.54, 1.807) is 13.8 Å². The molecular formula is C7H16N4O. The van der Waals surface area contributed by atoms with Gasteiger partial charge in [-0.05, 0) is 20.8 Å². The van der Waals surface area contributed by atoms with Gasteiger partial charge in [0.2, 0.25) is 0 Å². The zero-order valence-corrected chi connectivity index (χ0v) is 7.66. The molecule has 70 valence electrons. The van der Waals surface area contributed by atoms with E-state index in [2.05, 4.69) is 4.99 Å². The van der Waals surface area contributed by atoms with E-state index < -0.39 is 11.6 Å². The van der Waals surface area contributed by atoms with Gasteiger partial charge in [0.15, 0.2) is 5.96 Å². The molecule has 0 aromatic heterocycles. The summed E-state index contributed by atoms with van der Waals surface area (Å²) in [6, 6.07) is -0.667. The summed E-state index contributed by atoms with van der Waals surface area (Å²) in [6.45, 7) is 4.83. The van der Waals surface area contributed by atoms with Gasteiger partial charge in [0.05, 0.1) is 11.6 Å². The molecular weight excluding hydrogens is 156 g/mol. The first-order valence-corrected chi connectivity index (χ1v) is 3.64. The molecule has 6 N–H and O–H groups in total. The SMILES string of the molecule is CC(=O)C(N)C(C)(C)N=C(N)N. The second kappa shape index (κ2) is 3.53. The van der Waals surface area contributed by atoms with Crippen molar-refractivity contribution in [3.8, 4) is 0 Å². The third-order valence-corrected chi connectivity index (χ3v) is 1.62. The summed E-state index contributed by atoms with van der Waals surface area (Å²) in [5.41, 5.74) is 15.2. The molecule has 0 aliphatic rings. The molecule has 0 aliphatic heterocycles. The van der Waals surface area contributed by atoms with Crippen molar-refractivity contribution in [2.45, 2.75) is 32.4 Å². The number of nitrogens with two attached hydrogens (primary N) is 3. The number of aliphatic imine (C=N–C) groups is 1. The Kier molecular flexibility index (Phi) is 3.21. The van der Waals surface area contributed by atoms with Crippen molar-refractivity contribution in [1.29, 1.82) is 0 Å². The van der Waals surface area contributed by atoms with E-state index in [1.807, 2.05) is 0 Å². The number of nitrogens with zero attached hydrogens (tertiary/aromatic N) is 1. The van der Waals surface area contributed by atoms with Crippen molar-refractivity contribution in [1.82, 2.24) is 0 Å². The first-order valence-electron chi connectivity index (χ1n) is 3.64. The summed E-state index contributed by atoms with van der Waals surface area (Å²) < 4.78 is 0. The van der Waals surface area contributed by atoms with Crippen molar-refractivity contribution < 1.29 is 4.79 Å². The van der Waals surface area contributed by atoms with E-state index in [4.69, 9.17) is 17.2 Å². The quantitative estimate of drug-likeness (QED) is 0.373. The van der Waals surface area contributed by atoms with Gasteiger partial charge in [0.25, 0.3) is 0 Å². The summed E-state index contributed by atoms with van der Waals surface area (Å²) >= 11 is 0. The molecule has 0 rings (SSSR count). The monoisotopic (exact) mass is 172 g/mol. The molecule has 5 nitrogen and oxygen atoms in total. The van der Waals surface area contributed by atoms with Crippen molar-refractivity contribution >= 4 is 11.7 Å². The minimum absolute atomic E-state index is 0.0586. The third kappa shape index (κ3) is 2.87. The normalized spacial score (nSPS) is 13.7. The Hall–Kier alpha value is -1.10. The van der Waals surface area contributed by atoms with Gasteiger partial charge in [-0.2, -0.15) is 0 Å². The molecule has 0 amide bonds. The molecule has 0 bridgehead atoms. The van der Waals surface area contributed by atoms with Crippen LogP contribution >= 0.6 is 0 Å². The van der Waals surface area contributed by atoms with Crippen LogP contribution in [0.15, 0.2) is 4.99 Å². The second-order valence-corrected chi connectivity index (χ2v) is 3.28. The lowest BCUT2D eigenvalue weighted by Crippen LogP contribution is -2.48. The van der Waals surface area contributed by atoms with Crippen LogP contribution < -0.4 is 17.2 Å². The molecule has 12 heavy (non-hydrogen) atoms. The van der Waals surface area contributed by atoms with Crippen molar-refractivity contribution in [2.24, 2.45) is 22.2 Å². The largest absolute Gasteiger partial charge is 0.370 e. The van der Waals surface area contributed by atoms with Crippen LogP contribution in [0.3, 0.4) is 0 Å². The van der Waals surface area contributed by atoms with Crippen LogP contribution in [0.25, 0.3) is 0 Å². The Bertz CT molecular complexity index is 205. The standard InChI is InChI=1S/C7H16N4O/c1-4(12)5(8)7(2,3)11-6(9)10/h5H,8H2,1-3H3,(H4,9,10,11). The van der Waals surface area contributed by atoms with Gasteiger partial charge in [-0.25, -0.2) is 4.99 Å². The van der Waals surface area contributed by atoms with Crippen LogP contribution in [0, 0.1) is 0 Å². The van der Waals surface area contributed by atoms with Gasteiger partial charge in [-0.1, -0.05) is 0 Å². The average molecular weight is 172 g/mol. The minimum Gasteiger partial charge on any atom is -0.370 e. The highest BCUT2D eigenvalue weighted by Crippen LogP contribution is 2.13. The molecule has 1 unspecified atom stereocenters. The lowest BCUT2D eigenvalue weighted by Gasteiger charge is -2.25. The molecule has 0 aromatic rings. The Labute approximate surface area is 72.0 Å². The number of guanidine groups is 1. The van der Waals surface area contributed by atoms with Crippen LogP contribution in [0.2, 0.25) is 0 Å². The van der Waals surface area contributed by atoms with Gasteiger partial charge in [-0.3, -0.25) is 4.79 Å². The Morgan fingerprint density at radius 3 is 2.08 bits per heavy atom. The number of hydrogen-bond donors (Lipinski definition) is 3. The zero-order valence-electron chi connectivity index (χ0n) is 7.66. The molecule has 5 heteroatoms. The third-order valence-electron chi connectivity index (χ3n) is 1.62. The Balaban J connectivity index is 4.61. The van der Waals surface area contributed by atoms with E-state index in [9.17, 15) is 4.79 Å². The number of rotatable bonds is 3. The van der Waals surface area contributed by atoms with Gasteiger partial charge < -0.3 is 17.2 Å². The minimum atomic E-state index is -0.731. The maximum atomic E-state index is 10.9. The predicted octanol–water partition coefficient (Wildman–Crippen LogP) is -1.05. The summed E-state index contributed by atoms with van der Waals surface area (Å²) in [5.74, 6) is -0.193. The number of Topliss-reactive ketones (excluding diaryl/α,β-unsaturated/α-hetero) is 1. The predicted molar refractivity (Wildman–Crippen MR) is 48.5 cm³/mol. The summed E-state index contributed by atoms with van der Waals surface area (Å²) in [7, 11) is 0. The van der Waals surface area contributed by atoms with E-state index >= 15 is 0 Å². The fraction of sp³-hybridized carbons (Fsp3) is 0.714. The lowest BCUT2D eigenvalue weighted by atomic mass is 9.93. The molecule has 0 saturated heterocycles. The Morgan fingerprint density at radius 2 is 1.83 bits per heavy atom. The van der Waals surface area contributed by atoms with Gasteiger partial charge in [0, 0.05) is 0 Å². The second-order valence-electron chi connectivity index (χ2n) is 3.28. The first-order chi connectivity index (χ1) is 5.27. The smallest absolute Gasteiger partial charge is 0.186 e. The van der Waals surface area contributed by atoms with Crippen molar-refractivity contribution in [3.05, 3.63) is 0 Å². The summed E-state index contributed by atoms with van der Waals surface area (Å²) in [4.78, 5) is 14.8. The van der Waals surface area contributed by atoms with E-state index in [-0.39, 0.29) is 11.7 Å². The number of carbonyl (C=O) groups excluding carboxylic acids is 1. The fourth-order valence-corrected chi connectivity index (χ4v) is 0.900. The molecule has 1 atom stereocenters. The van der Waals surface area contributed by atoms with Crippen LogP contribution in [-0.2, 0) is 4.79 Å². The zero-order chi connectivity index (χ0) is 9.94. The number of ketones is 1. The molecule has 0 radical (unpaired) electrons. The van der Waals surface area contributed by atoms with E-state index in [0.29, 0.717) is 0 Å². The highest BCUT2D eigenvalue weighted by atomic mass is 16.1. The molecule has 0 heterocycles. The molecule has 0 aromatic carbocycles. The fourth-order valence-electron chi connectivity index (χ4n) is 0.900. The van der Waals surface area contributed by atoms with Gasteiger partial charge in [0.1, 0.15) is 5.78 Å². The van der Waals surface area contributed by atoms with Crippen LogP contribution in [0.4, 0.5) is 0 Å². The van der Waals surface area contributed by atoms with Crippen LogP contribution in [0.1, 0.15) is 20.8 Å². The highest BCUT2D eigenvalue weighted by Gasteiger charge is 2.29. The highest BCUT2D eigenvalue weighted by molar-refractivity contribution is 5.84. The average Bonchev–Trinajstić information content (AvgIpc) is 1.82. The van der Waals surface area contributed by atoms with E-state index in [0.717, 1.165) is 0 Å². The molecule has 0 aliphatic carbocycles. The first kappa shape index (κ1) is 10.9. The van der Waals surface area contributed by atoms with Gasteiger partial charge >= 0.3 is 0 Å². The van der Waals surface area contributed by atoms with E-state index in [1.165, 1.54) is 6.92 Å². The summed E-state index contributed by atoms with van der Waals surface area (Å²) in [6.07, 6.45) is 0. The van der Waals surface area contributed by atoms with Crippen molar-refractivity contribution in [2.75, 3.05) is 0 Å². The van der Waals surface area contributed by atoms with Crippen LogP contribution in [0.5, 0.6) is 0 Å². The van der Waals surface area contributed by atoms with Crippen molar-refractivity contribution in [3.63, 3.8) is 0 Å². The van der Waals surface area contributed by atoms with Crippen LogP contribution in [-0.4, -0.2) is 23.3 Å². The maximum absolute atomic E-state index is 10.9. The topological polar surface area (TPSA) is 107 Å². The summed E-state index contributed by atoms with van der Waals surface area (Å²) in [5, 5.41) is 0. The molecule has 0 saturated carbocycles. The lowest BCUT2D eigenvalue weighted by molar-refractivity contribution is -0.119. The number of hydrogen-bond acceptors (Lipinski definition) is 3. The molecule has 0 spiro atoms. The number of carbonyl (C=O) groups is 1.